The lowest BCUT2D eigenvalue weighted by molar-refractivity contribution is 0.0955. The zero-order valence-electron chi connectivity index (χ0n) is 10.9. The quantitative estimate of drug-likeness (QED) is 0.590. The van der Waals surface area contributed by atoms with Crippen LogP contribution in [0.1, 0.15) is 21.5 Å². The first-order valence-electron chi connectivity index (χ1n) is 5.98. The molecule has 0 saturated carbocycles. The van der Waals surface area contributed by atoms with Crippen LogP contribution in [0.2, 0.25) is 0 Å². The van der Waals surface area contributed by atoms with Gasteiger partial charge in [0.2, 0.25) is 0 Å². The first-order chi connectivity index (χ1) is 9.56. The second-order valence-corrected chi connectivity index (χ2v) is 4.31. The van der Waals surface area contributed by atoms with E-state index >= 15 is 0 Å². The fourth-order valence-electron chi connectivity index (χ4n) is 1.65. The zero-order chi connectivity index (χ0) is 14.5. The Morgan fingerprint density at radius 2 is 2.00 bits per heavy atom. The molecule has 1 amide bonds. The van der Waals surface area contributed by atoms with Gasteiger partial charge in [-0.1, -0.05) is 17.7 Å². The van der Waals surface area contributed by atoms with Crippen molar-refractivity contribution in [3.63, 3.8) is 0 Å². The number of benzene rings is 2. The van der Waals surface area contributed by atoms with E-state index in [-0.39, 0.29) is 17.4 Å². The molecule has 2 rings (SSSR count). The molecule has 0 atom stereocenters. The lowest BCUT2D eigenvalue weighted by Crippen LogP contribution is -2.17. The number of hydrogen-bond acceptors (Lipinski definition) is 4. The number of nitrogens with zero attached hydrogens (tertiary/aromatic N) is 1. The number of carbonyl (C=O) groups is 1. The molecular weight excluding hydrogens is 256 g/mol. The van der Waals surface area contributed by atoms with E-state index in [4.69, 9.17) is 5.11 Å². The third-order valence-corrected chi connectivity index (χ3v) is 2.66. The van der Waals surface area contributed by atoms with Crippen molar-refractivity contribution in [2.24, 2.45) is 5.10 Å². The Kier molecular flexibility index (Phi) is 4.00. The summed E-state index contributed by atoms with van der Waals surface area (Å²) >= 11 is 0. The number of phenols is 2. The van der Waals surface area contributed by atoms with Gasteiger partial charge in [-0.3, -0.25) is 4.79 Å². The van der Waals surface area contributed by atoms with Gasteiger partial charge in [0, 0.05) is 17.2 Å². The predicted octanol–water partition coefficient (Wildman–Crippen LogP) is 2.17. The second kappa shape index (κ2) is 5.88. The van der Waals surface area contributed by atoms with E-state index in [0.29, 0.717) is 11.1 Å². The minimum atomic E-state index is -0.330. The van der Waals surface area contributed by atoms with Crippen LogP contribution in [0.15, 0.2) is 47.6 Å². The van der Waals surface area contributed by atoms with Crippen LogP contribution in [0, 0.1) is 6.92 Å². The predicted molar refractivity (Wildman–Crippen MR) is 76.0 cm³/mol. The van der Waals surface area contributed by atoms with Crippen molar-refractivity contribution in [2.45, 2.75) is 6.92 Å². The third-order valence-electron chi connectivity index (χ3n) is 2.66. The summed E-state index contributed by atoms with van der Waals surface area (Å²) in [5.41, 5.74) is 4.26. The minimum Gasteiger partial charge on any atom is -0.508 e. The van der Waals surface area contributed by atoms with E-state index in [1.54, 1.807) is 18.2 Å². The lowest BCUT2D eigenvalue weighted by Gasteiger charge is -2.01. The Morgan fingerprint density at radius 3 is 2.70 bits per heavy atom. The minimum absolute atomic E-state index is 0.0385. The number of aryl methyl sites for hydroxylation is 1. The maximum Gasteiger partial charge on any atom is 0.271 e. The van der Waals surface area contributed by atoms with Crippen LogP contribution in [0.4, 0.5) is 0 Å². The highest BCUT2D eigenvalue weighted by Gasteiger charge is 2.04. The van der Waals surface area contributed by atoms with Gasteiger partial charge in [0.15, 0.2) is 0 Å². The number of hydrogen-bond donors (Lipinski definition) is 3. The van der Waals surface area contributed by atoms with Crippen LogP contribution in [0.25, 0.3) is 0 Å². The van der Waals surface area contributed by atoms with Gasteiger partial charge in [-0.2, -0.15) is 5.10 Å². The van der Waals surface area contributed by atoms with Crippen LogP contribution in [0.3, 0.4) is 0 Å². The largest absolute Gasteiger partial charge is 0.508 e. The molecule has 5 heteroatoms. The van der Waals surface area contributed by atoms with Gasteiger partial charge in [0.25, 0.3) is 5.91 Å². The van der Waals surface area contributed by atoms with Crippen molar-refractivity contribution < 1.29 is 15.0 Å². The SMILES string of the molecule is Cc1cccc(C(=O)N/N=C\c2ccc(O)cc2O)c1. The Hall–Kier alpha value is -2.82. The molecule has 0 aliphatic carbocycles. The van der Waals surface area contributed by atoms with Crippen molar-refractivity contribution in [1.29, 1.82) is 0 Å². The topological polar surface area (TPSA) is 81.9 Å². The van der Waals surface area contributed by atoms with Gasteiger partial charge in [0.1, 0.15) is 11.5 Å². The summed E-state index contributed by atoms with van der Waals surface area (Å²) in [6, 6.07) is 11.2. The van der Waals surface area contributed by atoms with Crippen molar-refractivity contribution in [1.82, 2.24) is 5.43 Å². The van der Waals surface area contributed by atoms with Gasteiger partial charge in [-0.25, -0.2) is 5.43 Å². The summed E-state index contributed by atoms with van der Waals surface area (Å²) in [5.74, 6) is -0.481. The summed E-state index contributed by atoms with van der Waals surface area (Å²) in [6.07, 6.45) is 1.31. The smallest absolute Gasteiger partial charge is 0.271 e. The Balaban J connectivity index is 2.04. The molecule has 0 radical (unpaired) electrons. The van der Waals surface area contributed by atoms with E-state index in [0.717, 1.165) is 5.56 Å². The van der Waals surface area contributed by atoms with Crippen molar-refractivity contribution in [2.75, 3.05) is 0 Å². The average molecular weight is 270 g/mol. The molecule has 20 heavy (non-hydrogen) atoms. The van der Waals surface area contributed by atoms with E-state index in [1.165, 1.54) is 24.4 Å². The summed E-state index contributed by atoms with van der Waals surface area (Å²) in [6.45, 7) is 1.90. The van der Waals surface area contributed by atoms with Crippen molar-refractivity contribution >= 4 is 12.1 Å². The number of amides is 1. The highest BCUT2D eigenvalue weighted by atomic mass is 16.3. The molecule has 0 heterocycles. The molecule has 0 aliphatic heterocycles. The van der Waals surface area contributed by atoms with Crippen LogP contribution >= 0.6 is 0 Å². The maximum absolute atomic E-state index is 11.8. The van der Waals surface area contributed by atoms with E-state index in [1.807, 2.05) is 13.0 Å². The number of carbonyl (C=O) groups excluding carboxylic acids is 1. The average Bonchev–Trinajstić information content (AvgIpc) is 2.41. The highest BCUT2D eigenvalue weighted by molar-refractivity contribution is 5.95. The molecule has 0 saturated heterocycles. The standard InChI is InChI=1S/C15H14N2O3/c1-10-3-2-4-11(7-10)15(20)17-16-9-12-5-6-13(18)8-14(12)19/h2-9,18-19H,1H3,(H,17,20)/b16-9-. The van der Waals surface area contributed by atoms with Gasteiger partial charge in [0.05, 0.1) is 6.21 Å². The Bertz CT molecular complexity index is 666. The fraction of sp³-hybridized carbons (Fsp3) is 0.0667. The van der Waals surface area contributed by atoms with Crippen LogP contribution in [-0.4, -0.2) is 22.3 Å². The van der Waals surface area contributed by atoms with Crippen LogP contribution in [-0.2, 0) is 0 Å². The van der Waals surface area contributed by atoms with E-state index in [9.17, 15) is 9.90 Å². The number of rotatable bonds is 3. The highest BCUT2D eigenvalue weighted by Crippen LogP contribution is 2.20. The lowest BCUT2D eigenvalue weighted by atomic mass is 10.1. The fourth-order valence-corrected chi connectivity index (χ4v) is 1.65. The normalized spacial score (nSPS) is 10.7. The molecule has 0 spiro atoms. The zero-order valence-corrected chi connectivity index (χ0v) is 10.9. The summed E-state index contributed by atoms with van der Waals surface area (Å²) in [7, 11) is 0. The number of aromatic hydroxyl groups is 2. The molecule has 0 fully saturated rings. The van der Waals surface area contributed by atoms with Gasteiger partial charge >= 0.3 is 0 Å². The molecule has 2 aromatic carbocycles. The first-order valence-corrected chi connectivity index (χ1v) is 5.98. The Labute approximate surface area is 116 Å². The summed E-state index contributed by atoms with van der Waals surface area (Å²) in [4.78, 5) is 11.8. The number of hydrazone groups is 1. The molecule has 0 aliphatic rings. The maximum atomic E-state index is 11.8. The van der Waals surface area contributed by atoms with Crippen LogP contribution in [0.5, 0.6) is 11.5 Å². The molecule has 0 unspecified atom stereocenters. The molecule has 3 N–H and O–H groups in total. The van der Waals surface area contributed by atoms with E-state index in [2.05, 4.69) is 10.5 Å². The number of phenolic OH excluding ortho intramolecular Hbond substituents is 2. The molecular formula is C15H14N2O3. The van der Waals surface area contributed by atoms with E-state index < -0.39 is 0 Å². The van der Waals surface area contributed by atoms with Gasteiger partial charge < -0.3 is 10.2 Å². The molecule has 0 aromatic heterocycles. The summed E-state index contributed by atoms with van der Waals surface area (Å²) < 4.78 is 0. The Morgan fingerprint density at radius 1 is 1.20 bits per heavy atom. The molecule has 5 nitrogen and oxygen atoms in total. The number of nitrogens with one attached hydrogen (secondary N) is 1. The van der Waals surface area contributed by atoms with Crippen LogP contribution < -0.4 is 5.43 Å². The third kappa shape index (κ3) is 3.35. The molecule has 2 aromatic rings. The van der Waals surface area contributed by atoms with Gasteiger partial charge in [-0.05, 0) is 31.2 Å². The van der Waals surface area contributed by atoms with Crippen molar-refractivity contribution in [3.8, 4) is 11.5 Å². The second-order valence-electron chi connectivity index (χ2n) is 4.31. The summed E-state index contributed by atoms with van der Waals surface area (Å²) in [5, 5.41) is 22.5. The van der Waals surface area contributed by atoms with Gasteiger partial charge in [-0.15, -0.1) is 0 Å². The molecule has 102 valence electrons. The first kappa shape index (κ1) is 13.6. The monoisotopic (exact) mass is 270 g/mol. The molecule has 0 bridgehead atoms. The van der Waals surface area contributed by atoms with Crippen molar-refractivity contribution in [3.05, 3.63) is 59.2 Å².